The number of benzene rings is 2. The van der Waals surface area contributed by atoms with Crippen LogP contribution >= 0.6 is 0 Å². The van der Waals surface area contributed by atoms with Gasteiger partial charge in [-0.15, -0.1) is 0 Å². The molecule has 4 amide bonds. The molecule has 6 rings (SSSR count). The highest BCUT2D eigenvalue weighted by molar-refractivity contribution is 6.05. The number of anilines is 1. The molecule has 3 N–H and O–H groups in total. The van der Waals surface area contributed by atoms with Crippen LogP contribution in [0.3, 0.4) is 0 Å². The van der Waals surface area contributed by atoms with Gasteiger partial charge in [-0.2, -0.15) is 15.3 Å². The Bertz CT molecular complexity index is 1810. The average molecular weight is 617 g/mol. The third-order valence-corrected chi connectivity index (χ3v) is 8.21. The summed E-state index contributed by atoms with van der Waals surface area (Å²) in [4.78, 5) is 54.9. The summed E-state index contributed by atoms with van der Waals surface area (Å²) < 4.78 is 30.5. The van der Waals surface area contributed by atoms with Crippen LogP contribution in [-0.4, -0.2) is 79.9 Å². The monoisotopic (exact) mass is 616 g/mol. The fraction of sp³-hybridized carbons (Fsp3) is 0.323. The maximum atomic E-state index is 14.7. The molecule has 2 aromatic heterocycles. The van der Waals surface area contributed by atoms with Crippen molar-refractivity contribution in [2.24, 2.45) is 5.73 Å². The zero-order chi connectivity index (χ0) is 31.8. The van der Waals surface area contributed by atoms with Gasteiger partial charge < -0.3 is 20.9 Å². The zero-order valence-electron chi connectivity index (χ0n) is 24.3. The number of hydrogen-bond acceptors (Lipinski definition) is 7. The molecule has 0 radical (unpaired) electrons. The minimum atomic E-state index is -1.46. The molecule has 0 aliphatic carbocycles. The van der Waals surface area contributed by atoms with Gasteiger partial charge in [-0.3, -0.25) is 23.9 Å². The fourth-order valence-electron chi connectivity index (χ4n) is 6.00. The summed E-state index contributed by atoms with van der Waals surface area (Å²) in [6.45, 7) is 1.36. The fourth-order valence-corrected chi connectivity index (χ4v) is 6.00. The van der Waals surface area contributed by atoms with Crippen molar-refractivity contribution in [1.82, 2.24) is 30.2 Å². The molecule has 2 fully saturated rings. The van der Waals surface area contributed by atoms with E-state index in [1.807, 2.05) is 0 Å². The van der Waals surface area contributed by atoms with Gasteiger partial charge in [0.25, 0.3) is 5.91 Å². The number of likely N-dealkylation sites (tertiary alicyclic amines) is 1. The van der Waals surface area contributed by atoms with Gasteiger partial charge in [-0.1, -0.05) is 12.1 Å². The van der Waals surface area contributed by atoms with Crippen LogP contribution in [0.4, 0.5) is 14.5 Å². The van der Waals surface area contributed by atoms with E-state index >= 15 is 0 Å². The number of piperidine rings is 1. The van der Waals surface area contributed by atoms with Gasteiger partial charge in [0.2, 0.25) is 17.7 Å². The van der Waals surface area contributed by atoms with Crippen LogP contribution in [0.1, 0.15) is 35.3 Å². The van der Waals surface area contributed by atoms with Gasteiger partial charge in [-0.25, -0.2) is 8.78 Å². The van der Waals surface area contributed by atoms with E-state index in [0.717, 1.165) is 21.6 Å². The minimum Gasteiger partial charge on any atom is -0.364 e. The van der Waals surface area contributed by atoms with E-state index in [2.05, 4.69) is 20.6 Å². The molecular weight excluding hydrogens is 586 g/mol. The number of nitrogens with zero attached hydrogens (tertiary/aromatic N) is 6. The van der Waals surface area contributed by atoms with E-state index in [1.165, 1.54) is 21.8 Å². The summed E-state index contributed by atoms with van der Waals surface area (Å²) in [5, 5.41) is 15.0. The van der Waals surface area contributed by atoms with Crippen LogP contribution in [0.5, 0.6) is 0 Å². The molecule has 4 heterocycles. The van der Waals surface area contributed by atoms with E-state index in [9.17, 15) is 28.0 Å². The van der Waals surface area contributed by atoms with Crippen LogP contribution in [0.25, 0.3) is 22.0 Å². The maximum absolute atomic E-state index is 14.7. The quantitative estimate of drug-likeness (QED) is 0.323. The SMILES string of the molecule is Cc1ccc(F)c(N2CCCC(NC(=O)[C@@H]3C[C@@H](F)CN3C(=O)Cn3nc(C(N)=O)c4cc(-c5ccnnc5)ccc43)C2=O)c1. The minimum absolute atomic E-state index is 0.0499. The first-order valence-corrected chi connectivity index (χ1v) is 14.5. The number of hydrogen-bond donors (Lipinski definition) is 2. The second-order valence-corrected chi connectivity index (χ2v) is 11.3. The number of fused-ring (bicyclic) bond motifs is 1. The van der Waals surface area contributed by atoms with Gasteiger partial charge in [-0.05, 0) is 61.2 Å². The Labute approximate surface area is 256 Å². The summed E-state index contributed by atoms with van der Waals surface area (Å²) in [6, 6.07) is 9.23. The van der Waals surface area contributed by atoms with Crippen LogP contribution in [0.2, 0.25) is 0 Å². The van der Waals surface area contributed by atoms with Crippen LogP contribution in [0.15, 0.2) is 54.9 Å². The van der Waals surface area contributed by atoms with E-state index in [0.29, 0.717) is 23.7 Å². The lowest BCUT2D eigenvalue weighted by Gasteiger charge is -2.34. The number of carbonyl (C=O) groups excluding carboxylic acids is 4. The molecule has 2 aliphatic heterocycles. The molecule has 45 heavy (non-hydrogen) atoms. The van der Waals surface area contributed by atoms with Crippen molar-refractivity contribution in [2.75, 3.05) is 18.0 Å². The lowest BCUT2D eigenvalue weighted by molar-refractivity contribution is -0.140. The number of aryl methyl sites for hydroxylation is 1. The second kappa shape index (κ2) is 12.0. The summed E-state index contributed by atoms with van der Waals surface area (Å²) in [5.74, 6) is -3.10. The lowest BCUT2D eigenvalue weighted by atomic mass is 10.0. The maximum Gasteiger partial charge on any atom is 0.269 e. The number of nitrogens with one attached hydrogen (secondary N) is 1. The van der Waals surface area contributed by atoms with Gasteiger partial charge in [0.1, 0.15) is 30.6 Å². The first-order valence-electron chi connectivity index (χ1n) is 14.5. The van der Waals surface area contributed by atoms with Gasteiger partial charge in [0, 0.05) is 23.9 Å². The molecule has 4 aromatic rings. The van der Waals surface area contributed by atoms with Gasteiger partial charge in [0.15, 0.2) is 5.69 Å². The Morgan fingerprint density at radius 2 is 1.91 bits per heavy atom. The number of halogens is 2. The topological polar surface area (TPSA) is 156 Å². The third-order valence-electron chi connectivity index (χ3n) is 8.21. The zero-order valence-corrected chi connectivity index (χ0v) is 24.3. The van der Waals surface area contributed by atoms with E-state index < -0.39 is 47.7 Å². The van der Waals surface area contributed by atoms with E-state index in [4.69, 9.17) is 5.73 Å². The van der Waals surface area contributed by atoms with Gasteiger partial charge >= 0.3 is 0 Å². The molecule has 12 nitrogen and oxygen atoms in total. The lowest BCUT2D eigenvalue weighted by Crippen LogP contribution is -2.56. The normalized spacial score (nSPS) is 20.1. The highest BCUT2D eigenvalue weighted by atomic mass is 19.1. The number of aromatic nitrogens is 4. The molecule has 232 valence electrons. The average Bonchev–Trinajstić information content (AvgIpc) is 3.60. The molecule has 2 aliphatic rings. The Hall–Kier alpha value is -5.27. The highest BCUT2D eigenvalue weighted by Crippen LogP contribution is 2.29. The van der Waals surface area contributed by atoms with E-state index in [1.54, 1.807) is 49.5 Å². The second-order valence-electron chi connectivity index (χ2n) is 11.3. The molecule has 2 saturated heterocycles. The van der Waals surface area contributed by atoms with Crippen molar-refractivity contribution in [2.45, 2.75) is 51.0 Å². The number of amides is 4. The number of rotatable bonds is 7. The molecule has 14 heteroatoms. The number of primary amides is 1. The molecule has 0 bridgehead atoms. The Morgan fingerprint density at radius 3 is 2.67 bits per heavy atom. The van der Waals surface area contributed by atoms with Crippen LogP contribution in [0, 0.1) is 12.7 Å². The summed E-state index contributed by atoms with van der Waals surface area (Å²) in [6.07, 6.45) is 2.21. The molecule has 0 spiro atoms. The van der Waals surface area contributed by atoms with Crippen molar-refractivity contribution in [3.63, 3.8) is 0 Å². The van der Waals surface area contributed by atoms with Crippen molar-refractivity contribution >= 4 is 40.2 Å². The number of alkyl halides is 1. The first-order chi connectivity index (χ1) is 21.6. The predicted molar refractivity (Wildman–Crippen MR) is 159 cm³/mol. The predicted octanol–water partition coefficient (Wildman–Crippen LogP) is 2.29. The van der Waals surface area contributed by atoms with E-state index in [-0.39, 0.29) is 37.4 Å². The Kier molecular flexibility index (Phi) is 7.96. The number of nitrogens with two attached hydrogens (primary N) is 1. The van der Waals surface area contributed by atoms with Crippen molar-refractivity contribution in [1.29, 1.82) is 0 Å². The van der Waals surface area contributed by atoms with Gasteiger partial charge in [0.05, 0.1) is 30.1 Å². The smallest absolute Gasteiger partial charge is 0.269 e. The standard InChI is InChI=1S/C31H30F2N8O4/c1-17-4-6-22(33)25(11-17)39-10-2-3-23(31(39)45)37-30(44)26-13-20(32)15-40(26)27(42)16-41-24-7-5-18(19-8-9-35-36-14-19)12-21(24)28(38-41)29(34)43/h4-9,11-12,14,20,23,26H,2-3,10,13,15-16H2,1H3,(H2,34,43)(H,37,44)/t20-,23?,26+/m1/s1. The van der Waals surface area contributed by atoms with Crippen molar-refractivity contribution in [3.05, 3.63) is 71.9 Å². The Morgan fingerprint density at radius 1 is 1.09 bits per heavy atom. The molecule has 3 atom stereocenters. The summed E-state index contributed by atoms with van der Waals surface area (Å²) >= 11 is 0. The number of carbonyl (C=O) groups is 4. The molecular formula is C31H30F2N8O4. The van der Waals surface area contributed by atoms with Crippen molar-refractivity contribution < 1.29 is 28.0 Å². The van der Waals surface area contributed by atoms with Crippen molar-refractivity contribution in [3.8, 4) is 11.1 Å². The molecule has 1 unspecified atom stereocenters. The summed E-state index contributed by atoms with van der Waals surface area (Å²) in [7, 11) is 0. The Balaban J connectivity index is 1.20. The largest absolute Gasteiger partial charge is 0.364 e. The molecule has 0 saturated carbocycles. The third kappa shape index (κ3) is 5.82. The highest BCUT2D eigenvalue weighted by Gasteiger charge is 2.42. The first kappa shape index (κ1) is 29.8. The molecule has 2 aromatic carbocycles. The summed E-state index contributed by atoms with van der Waals surface area (Å²) in [5.41, 5.74) is 8.36. The van der Waals surface area contributed by atoms with Crippen LogP contribution in [-0.2, 0) is 20.9 Å². The van der Waals surface area contributed by atoms with Crippen LogP contribution < -0.4 is 16.0 Å².